The first-order chi connectivity index (χ1) is 8.91. The Morgan fingerprint density at radius 1 is 1.53 bits per heavy atom. The van der Waals surface area contributed by atoms with Gasteiger partial charge < -0.3 is 14.5 Å². The molecule has 0 amide bonds. The molecule has 2 fully saturated rings. The molecule has 0 aliphatic carbocycles. The Labute approximate surface area is 121 Å². The second kappa shape index (κ2) is 5.66. The summed E-state index contributed by atoms with van der Waals surface area (Å²) in [7, 11) is 1.89. The van der Waals surface area contributed by atoms with Gasteiger partial charge in [-0.3, -0.25) is 10.1 Å². The van der Waals surface area contributed by atoms with Crippen molar-refractivity contribution < 1.29 is 9.66 Å². The molecule has 3 atom stereocenters. The van der Waals surface area contributed by atoms with Crippen molar-refractivity contribution in [3.05, 3.63) is 20.5 Å². The van der Waals surface area contributed by atoms with E-state index in [0.717, 1.165) is 26.3 Å². The predicted molar refractivity (Wildman–Crippen MR) is 75.2 cm³/mol. The zero-order valence-corrected chi connectivity index (χ0v) is 13.1. The molecule has 2 heterocycles. The molecule has 6 nitrogen and oxygen atoms in total. The number of rotatable bonds is 3. The van der Waals surface area contributed by atoms with Gasteiger partial charge in [0.15, 0.2) is 5.82 Å². The third-order valence-corrected chi connectivity index (χ3v) is 4.64. The highest BCUT2D eigenvalue weighted by Crippen LogP contribution is 2.31. The molecule has 2 saturated heterocycles. The summed E-state index contributed by atoms with van der Waals surface area (Å²) in [4.78, 5) is 14.7. The van der Waals surface area contributed by atoms with Crippen molar-refractivity contribution in [2.75, 3.05) is 33.4 Å². The minimum absolute atomic E-state index is 0.0471. The molecular weight excluding hydrogens is 314 g/mol. The summed E-state index contributed by atoms with van der Waals surface area (Å²) >= 11 is 3.11. The molecular formula is C12H20BrN3O3. The SMILES string of the molecule is CC1COCC1CN1C(=C(Br)[N+](=O)[O-])N(C)CC1C. The highest BCUT2D eigenvalue weighted by molar-refractivity contribution is 9.11. The maximum absolute atomic E-state index is 11.0. The normalized spacial score (nSPS) is 34.0. The Morgan fingerprint density at radius 2 is 2.21 bits per heavy atom. The largest absolute Gasteiger partial charge is 0.381 e. The van der Waals surface area contributed by atoms with Crippen molar-refractivity contribution in [1.29, 1.82) is 0 Å². The van der Waals surface area contributed by atoms with Gasteiger partial charge in [-0.05, 0) is 12.8 Å². The Bertz CT molecular complexity index is 402. The molecule has 0 aromatic heterocycles. The number of likely N-dealkylation sites (N-methyl/N-ethyl adjacent to an activating group) is 1. The molecule has 108 valence electrons. The van der Waals surface area contributed by atoms with Crippen LogP contribution >= 0.6 is 15.9 Å². The van der Waals surface area contributed by atoms with Crippen LogP contribution in [0.3, 0.4) is 0 Å². The fraction of sp³-hybridized carbons (Fsp3) is 0.833. The van der Waals surface area contributed by atoms with Gasteiger partial charge in [0.2, 0.25) is 0 Å². The van der Waals surface area contributed by atoms with Crippen molar-refractivity contribution in [2.24, 2.45) is 11.8 Å². The lowest BCUT2D eigenvalue weighted by Crippen LogP contribution is -2.35. The van der Waals surface area contributed by atoms with E-state index in [0.29, 0.717) is 17.7 Å². The van der Waals surface area contributed by atoms with Gasteiger partial charge in [0, 0.05) is 54.6 Å². The monoisotopic (exact) mass is 333 g/mol. The number of halogens is 1. The zero-order valence-electron chi connectivity index (χ0n) is 11.5. The molecule has 2 aliphatic rings. The zero-order chi connectivity index (χ0) is 14.2. The minimum atomic E-state index is -0.370. The number of nitro groups is 1. The smallest absolute Gasteiger partial charge is 0.350 e. The third-order valence-electron chi connectivity index (χ3n) is 4.00. The lowest BCUT2D eigenvalue weighted by atomic mass is 9.97. The second-order valence-corrected chi connectivity index (χ2v) is 6.28. The van der Waals surface area contributed by atoms with Crippen LogP contribution in [-0.2, 0) is 4.74 Å². The Balaban J connectivity index is 2.20. The van der Waals surface area contributed by atoms with Crippen molar-refractivity contribution >= 4 is 15.9 Å². The first-order valence-electron chi connectivity index (χ1n) is 6.51. The van der Waals surface area contributed by atoms with Gasteiger partial charge in [-0.2, -0.15) is 0 Å². The van der Waals surface area contributed by atoms with Gasteiger partial charge in [-0.25, -0.2) is 0 Å². The summed E-state index contributed by atoms with van der Waals surface area (Å²) in [5.74, 6) is 1.63. The molecule has 2 rings (SSSR count). The van der Waals surface area contributed by atoms with Gasteiger partial charge in [0.25, 0.3) is 0 Å². The molecule has 0 spiro atoms. The lowest BCUT2D eigenvalue weighted by Gasteiger charge is -2.28. The number of ether oxygens (including phenoxy) is 1. The van der Waals surface area contributed by atoms with Gasteiger partial charge in [0.1, 0.15) is 0 Å². The van der Waals surface area contributed by atoms with E-state index >= 15 is 0 Å². The van der Waals surface area contributed by atoms with Crippen molar-refractivity contribution in [3.8, 4) is 0 Å². The maximum Gasteiger partial charge on any atom is 0.350 e. The summed E-state index contributed by atoms with van der Waals surface area (Å²) in [6.07, 6.45) is 0. The number of nitrogens with zero attached hydrogens (tertiary/aromatic N) is 3. The van der Waals surface area contributed by atoms with Crippen LogP contribution in [0, 0.1) is 22.0 Å². The molecule has 0 N–H and O–H groups in total. The molecule has 19 heavy (non-hydrogen) atoms. The standard InChI is InChI=1S/C12H20BrN3O3/c1-8-6-19-7-10(8)5-15-9(2)4-14(3)12(15)11(13)16(17)18/h8-10H,4-7H2,1-3H3. The van der Waals surface area contributed by atoms with Gasteiger partial charge in [-0.1, -0.05) is 6.92 Å². The topological polar surface area (TPSA) is 58.9 Å². The molecule has 2 aliphatic heterocycles. The van der Waals surface area contributed by atoms with Crippen molar-refractivity contribution in [1.82, 2.24) is 9.80 Å². The molecule has 0 aromatic rings. The van der Waals surface area contributed by atoms with E-state index in [-0.39, 0.29) is 15.6 Å². The quantitative estimate of drug-likeness (QED) is 0.447. The summed E-state index contributed by atoms with van der Waals surface area (Å²) in [6, 6.07) is 0.278. The van der Waals surface area contributed by atoms with Gasteiger partial charge >= 0.3 is 4.61 Å². The molecule has 0 radical (unpaired) electrons. The van der Waals surface area contributed by atoms with Crippen LogP contribution in [-0.4, -0.2) is 54.1 Å². The summed E-state index contributed by atoms with van der Waals surface area (Å²) in [6.45, 7) is 7.43. The number of hydrogen-bond donors (Lipinski definition) is 0. The van der Waals surface area contributed by atoms with E-state index in [9.17, 15) is 10.1 Å². The summed E-state index contributed by atoms with van der Waals surface area (Å²) in [5.41, 5.74) is 0. The summed E-state index contributed by atoms with van der Waals surface area (Å²) in [5, 5.41) is 11.0. The van der Waals surface area contributed by atoms with E-state index in [1.165, 1.54) is 0 Å². The van der Waals surface area contributed by atoms with Crippen molar-refractivity contribution in [3.63, 3.8) is 0 Å². The fourth-order valence-corrected chi connectivity index (χ4v) is 3.35. The highest BCUT2D eigenvalue weighted by atomic mass is 79.9. The fourth-order valence-electron chi connectivity index (χ4n) is 2.82. The first-order valence-corrected chi connectivity index (χ1v) is 7.30. The molecule has 3 unspecified atom stereocenters. The lowest BCUT2D eigenvalue weighted by molar-refractivity contribution is -0.411. The Kier molecular flexibility index (Phi) is 4.35. The van der Waals surface area contributed by atoms with Crippen LogP contribution in [0.15, 0.2) is 10.4 Å². The average molecular weight is 334 g/mol. The average Bonchev–Trinajstić information content (AvgIpc) is 2.84. The van der Waals surface area contributed by atoms with E-state index in [4.69, 9.17) is 4.74 Å². The molecule has 0 aromatic carbocycles. The van der Waals surface area contributed by atoms with E-state index < -0.39 is 0 Å². The van der Waals surface area contributed by atoms with Crippen LogP contribution in [0.2, 0.25) is 0 Å². The molecule has 0 saturated carbocycles. The third kappa shape index (κ3) is 2.86. The molecule has 7 heteroatoms. The van der Waals surface area contributed by atoms with Crippen LogP contribution in [0.5, 0.6) is 0 Å². The van der Waals surface area contributed by atoms with Crippen LogP contribution in [0.25, 0.3) is 0 Å². The van der Waals surface area contributed by atoms with Crippen LogP contribution < -0.4 is 0 Å². The first kappa shape index (κ1) is 14.6. The van der Waals surface area contributed by atoms with Crippen LogP contribution in [0.4, 0.5) is 0 Å². The molecule has 0 bridgehead atoms. The summed E-state index contributed by atoms with van der Waals surface area (Å²) < 4.78 is 5.53. The Morgan fingerprint density at radius 3 is 2.74 bits per heavy atom. The van der Waals surface area contributed by atoms with Crippen molar-refractivity contribution in [2.45, 2.75) is 19.9 Å². The van der Waals surface area contributed by atoms with Gasteiger partial charge in [-0.15, -0.1) is 0 Å². The highest BCUT2D eigenvalue weighted by Gasteiger charge is 2.38. The van der Waals surface area contributed by atoms with Gasteiger partial charge in [0.05, 0.1) is 11.5 Å². The van der Waals surface area contributed by atoms with E-state index in [1.807, 2.05) is 11.9 Å². The van der Waals surface area contributed by atoms with Crippen LogP contribution in [0.1, 0.15) is 13.8 Å². The van der Waals surface area contributed by atoms with E-state index in [1.54, 1.807) is 0 Å². The Hall–Kier alpha value is -0.820. The minimum Gasteiger partial charge on any atom is -0.381 e. The second-order valence-electron chi connectivity index (χ2n) is 5.53. The predicted octanol–water partition coefficient (Wildman–Crippen LogP) is 1.70. The van der Waals surface area contributed by atoms with E-state index in [2.05, 4.69) is 34.7 Å². The number of hydrogen-bond acceptors (Lipinski definition) is 5. The maximum atomic E-state index is 11.0.